The second-order valence-electron chi connectivity index (χ2n) is 6.07. The third-order valence-electron chi connectivity index (χ3n) is 4.39. The van der Waals surface area contributed by atoms with E-state index in [1.165, 1.54) is 6.42 Å². The third-order valence-corrected chi connectivity index (χ3v) is 5.62. The van der Waals surface area contributed by atoms with E-state index in [1.807, 2.05) is 11.8 Å². The normalized spacial score (nSPS) is 27.2. The Morgan fingerprint density at radius 1 is 1.27 bits per heavy atom. The highest BCUT2D eigenvalue weighted by Crippen LogP contribution is 2.29. The lowest BCUT2D eigenvalue weighted by Crippen LogP contribution is -2.45. The molecular weight excluding hydrogens is 308 g/mol. The molecule has 2 rings (SSSR count). The van der Waals surface area contributed by atoms with Crippen LogP contribution in [0.3, 0.4) is 0 Å². The zero-order chi connectivity index (χ0) is 15.9. The van der Waals surface area contributed by atoms with Crippen molar-refractivity contribution in [1.29, 1.82) is 0 Å². The molecule has 2 aliphatic rings. The van der Waals surface area contributed by atoms with Crippen LogP contribution in [0.5, 0.6) is 0 Å². The summed E-state index contributed by atoms with van der Waals surface area (Å²) in [6, 6.07) is 0.253. The fourth-order valence-corrected chi connectivity index (χ4v) is 4.42. The summed E-state index contributed by atoms with van der Waals surface area (Å²) in [7, 11) is 0. The number of thioether (sulfide) groups is 1. The number of nitrogens with zero attached hydrogens (tertiary/aromatic N) is 2. The molecule has 1 N–H and O–H groups in total. The third kappa shape index (κ3) is 5.57. The van der Waals surface area contributed by atoms with E-state index in [-0.39, 0.29) is 18.6 Å². The molecule has 0 bridgehead atoms. The summed E-state index contributed by atoms with van der Waals surface area (Å²) < 4.78 is 24.9. The summed E-state index contributed by atoms with van der Waals surface area (Å²) in [5, 5.41) is 3.79. The maximum absolute atomic E-state index is 12.4. The Bertz CT molecular complexity index is 360. The molecule has 1 aliphatic carbocycles. The van der Waals surface area contributed by atoms with E-state index in [1.54, 1.807) is 9.80 Å². The average molecular weight is 335 g/mol. The smallest absolute Gasteiger partial charge is 0.317 e. The van der Waals surface area contributed by atoms with Gasteiger partial charge in [-0.3, -0.25) is 4.90 Å². The lowest BCUT2D eigenvalue weighted by molar-refractivity contribution is 0.0903. The van der Waals surface area contributed by atoms with Crippen molar-refractivity contribution in [1.82, 2.24) is 15.1 Å². The first-order chi connectivity index (χ1) is 10.6. The molecule has 4 nitrogen and oxygen atoms in total. The number of hydrogen-bond acceptors (Lipinski definition) is 3. The predicted octanol–water partition coefficient (Wildman–Crippen LogP) is 2.64. The first-order valence-corrected chi connectivity index (χ1v) is 9.31. The Balaban J connectivity index is 1.73. The van der Waals surface area contributed by atoms with Crippen LogP contribution in [0.1, 0.15) is 32.6 Å². The molecule has 0 aromatic rings. The molecule has 2 fully saturated rings. The van der Waals surface area contributed by atoms with E-state index in [0.717, 1.165) is 25.0 Å². The quantitative estimate of drug-likeness (QED) is 0.839. The van der Waals surface area contributed by atoms with E-state index in [2.05, 4.69) is 12.2 Å². The number of carbonyl (C=O) groups excluding carboxylic acids is 1. The number of amides is 2. The number of hydrogen-bond donors (Lipinski definition) is 1. The first kappa shape index (κ1) is 17.8. The Labute approximate surface area is 136 Å². The van der Waals surface area contributed by atoms with Gasteiger partial charge in [0, 0.05) is 37.5 Å². The van der Waals surface area contributed by atoms with Gasteiger partial charge in [-0.05, 0) is 31.4 Å². The van der Waals surface area contributed by atoms with Gasteiger partial charge in [0.25, 0.3) is 6.43 Å². The summed E-state index contributed by atoms with van der Waals surface area (Å²) in [6.07, 6.45) is 1.74. The van der Waals surface area contributed by atoms with Crippen molar-refractivity contribution in [3.8, 4) is 0 Å². The molecule has 0 aromatic heterocycles. The molecule has 0 spiro atoms. The highest BCUT2D eigenvalue weighted by atomic mass is 32.2. The van der Waals surface area contributed by atoms with Crippen molar-refractivity contribution in [2.45, 2.75) is 50.3 Å². The van der Waals surface area contributed by atoms with Crippen LogP contribution in [-0.4, -0.2) is 72.0 Å². The van der Waals surface area contributed by atoms with E-state index in [9.17, 15) is 13.6 Å². The summed E-state index contributed by atoms with van der Waals surface area (Å²) in [5.41, 5.74) is 0. The largest absolute Gasteiger partial charge is 0.335 e. The number of carbonyl (C=O) groups is 1. The van der Waals surface area contributed by atoms with Crippen LogP contribution in [0, 0.1) is 0 Å². The van der Waals surface area contributed by atoms with E-state index >= 15 is 0 Å². The highest BCUT2D eigenvalue weighted by molar-refractivity contribution is 7.99. The Morgan fingerprint density at radius 2 is 2.09 bits per heavy atom. The number of urea groups is 1. The molecule has 2 atom stereocenters. The van der Waals surface area contributed by atoms with Crippen LogP contribution in [0.15, 0.2) is 0 Å². The number of halogens is 2. The molecule has 128 valence electrons. The zero-order valence-corrected chi connectivity index (χ0v) is 14.1. The van der Waals surface area contributed by atoms with Gasteiger partial charge in [0.05, 0.1) is 6.54 Å². The second kappa shape index (κ2) is 8.91. The van der Waals surface area contributed by atoms with Crippen LogP contribution < -0.4 is 5.32 Å². The minimum atomic E-state index is -2.30. The van der Waals surface area contributed by atoms with Crippen molar-refractivity contribution in [3.63, 3.8) is 0 Å². The van der Waals surface area contributed by atoms with Gasteiger partial charge in [-0.1, -0.05) is 6.92 Å². The van der Waals surface area contributed by atoms with Gasteiger partial charge in [-0.15, -0.1) is 0 Å². The van der Waals surface area contributed by atoms with Crippen molar-refractivity contribution in [2.75, 3.05) is 38.5 Å². The van der Waals surface area contributed by atoms with E-state index in [4.69, 9.17) is 0 Å². The lowest BCUT2D eigenvalue weighted by Gasteiger charge is -2.24. The maximum Gasteiger partial charge on any atom is 0.317 e. The van der Waals surface area contributed by atoms with Crippen molar-refractivity contribution < 1.29 is 13.6 Å². The van der Waals surface area contributed by atoms with Gasteiger partial charge >= 0.3 is 6.03 Å². The standard InChI is InChI=1S/C15H27F2N3OS/c1-2-22-13-5-4-12(10-13)18-15(21)20-7-3-6-19(8-9-20)11-14(16)17/h12-14H,2-11H2,1H3,(H,18,21)/t12-,13-/m1/s1. The lowest BCUT2D eigenvalue weighted by atomic mass is 10.2. The van der Waals surface area contributed by atoms with Crippen LogP contribution in [-0.2, 0) is 0 Å². The van der Waals surface area contributed by atoms with Crippen LogP contribution >= 0.6 is 11.8 Å². The van der Waals surface area contributed by atoms with Gasteiger partial charge in [-0.25, -0.2) is 13.6 Å². The minimum absolute atomic E-state index is 0.0222. The van der Waals surface area contributed by atoms with Gasteiger partial charge in [-0.2, -0.15) is 11.8 Å². The molecule has 1 saturated carbocycles. The van der Waals surface area contributed by atoms with Crippen molar-refractivity contribution >= 4 is 17.8 Å². The van der Waals surface area contributed by atoms with E-state index < -0.39 is 6.43 Å². The first-order valence-electron chi connectivity index (χ1n) is 8.26. The monoisotopic (exact) mass is 335 g/mol. The zero-order valence-electron chi connectivity index (χ0n) is 13.3. The molecule has 1 heterocycles. The number of alkyl halides is 2. The summed E-state index contributed by atoms with van der Waals surface area (Å²) in [6.45, 7) is 4.36. The molecule has 1 saturated heterocycles. The molecule has 0 aromatic carbocycles. The Morgan fingerprint density at radius 3 is 2.82 bits per heavy atom. The number of rotatable bonds is 5. The summed E-state index contributed by atoms with van der Waals surface area (Å²) in [4.78, 5) is 15.9. The molecule has 1 aliphatic heterocycles. The van der Waals surface area contributed by atoms with Gasteiger partial charge in [0.2, 0.25) is 0 Å². The second-order valence-corrected chi connectivity index (χ2v) is 7.65. The molecule has 22 heavy (non-hydrogen) atoms. The maximum atomic E-state index is 12.4. The molecule has 0 radical (unpaired) electrons. The SMILES string of the molecule is CCS[C@@H]1CC[C@@H](NC(=O)N2CCCN(CC(F)F)CC2)C1. The van der Waals surface area contributed by atoms with E-state index in [0.29, 0.717) is 31.4 Å². The highest BCUT2D eigenvalue weighted by Gasteiger charge is 2.28. The van der Waals surface area contributed by atoms with Crippen LogP contribution in [0.4, 0.5) is 13.6 Å². The van der Waals surface area contributed by atoms with Crippen LogP contribution in [0.25, 0.3) is 0 Å². The topological polar surface area (TPSA) is 35.6 Å². The molecular formula is C15H27F2N3OS. The predicted molar refractivity (Wildman–Crippen MR) is 86.7 cm³/mol. The van der Waals surface area contributed by atoms with Crippen molar-refractivity contribution in [2.24, 2.45) is 0 Å². The fourth-order valence-electron chi connectivity index (χ4n) is 3.28. The van der Waals surface area contributed by atoms with Gasteiger partial charge in [0.1, 0.15) is 0 Å². The van der Waals surface area contributed by atoms with Crippen LogP contribution in [0.2, 0.25) is 0 Å². The minimum Gasteiger partial charge on any atom is -0.335 e. The fraction of sp³-hybridized carbons (Fsp3) is 0.933. The van der Waals surface area contributed by atoms with Crippen molar-refractivity contribution in [3.05, 3.63) is 0 Å². The van der Waals surface area contributed by atoms with Gasteiger partial charge < -0.3 is 10.2 Å². The molecule has 7 heteroatoms. The molecule has 2 amide bonds. The average Bonchev–Trinajstić information content (AvgIpc) is 2.76. The summed E-state index contributed by atoms with van der Waals surface area (Å²) >= 11 is 1.97. The van der Waals surface area contributed by atoms with Gasteiger partial charge in [0.15, 0.2) is 0 Å². The molecule has 0 unspecified atom stereocenters. The number of nitrogens with one attached hydrogen (secondary N) is 1. The Hall–Kier alpha value is -0.560. The Kier molecular flexibility index (Phi) is 7.21. The summed E-state index contributed by atoms with van der Waals surface area (Å²) in [5.74, 6) is 1.12.